The molecule has 2 N–H and O–H groups in total. The summed E-state index contributed by atoms with van der Waals surface area (Å²) in [4.78, 5) is 16.2. The molecule has 30 heavy (non-hydrogen) atoms. The molecular weight excluding hydrogens is 406 g/mol. The van der Waals surface area contributed by atoms with Crippen LogP contribution >= 0.6 is 11.8 Å². The van der Waals surface area contributed by atoms with Crippen LogP contribution in [0, 0.1) is 6.92 Å². The maximum absolute atomic E-state index is 11.8. The van der Waals surface area contributed by atoms with E-state index in [2.05, 4.69) is 15.2 Å². The predicted molar refractivity (Wildman–Crippen MR) is 114 cm³/mol. The number of nitrogens with one attached hydrogen (secondary N) is 1. The van der Waals surface area contributed by atoms with Crippen molar-refractivity contribution >= 4 is 23.8 Å². The highest BCUT2D eigenvalue weighted by Crippen LogP contribution is 2.31. The number of ether oxygens (including phenoxy) is 3. The number of carboxylic acid groups (broad SMARTS) is 1. The number of aryl methyl sites for hydroxylation is 1. The Kier molecular flexibility index (Phi) is 6.63. The molecule has 0 amide bonds. The number of carboxylic acids is 1. The van der Waals surface area contributed by atoms with Crippen molar-refractivity contribution < 1.29 is 24.1 Å². The summed E-state index contributed by atoms with van der Waals surface area (Å²) < 4.78 is 15.8. The molecule has 0 saturated heterocycles. The first-order chi connectivity index (χ1) is 14.4. The lowest BCUT2D eigenvalue weighted by atomic mass is 10.1. The number of thioether (sulfide) groups is 1. The maximum atomic E-state index is 11.8. The molecule has 0 saturated carbocycles. The normalized spacial score (nSPS) is 11.3. The van der Waals surface area contributed by atoms with Gasteiger partial charge in [-0.3, -0.25) is 5.10 Å². The highest BCUT2D eigenvalue weighted by atomic mass is 32.2. The average Bonchev–Trinajstić information content (AvgIpc) is 3.22. The zero-order valence-corrected chi connectivity index (χ0v) is 17.7. The zero-order valence-electron chi connectivity index (χ0n) is 16.9. The summed E-state index contributed by atoms with van der Waals surface area (Å²) in [7, 11) is 4.69. The summed E-state index contributed by atoms with van der Waals surface area (Å²) >= 11 is 0.949. The van der Waals surface area contributed by atoms with E-state index in [1.165, 1.54) is 0 Å². The van der Waals surface area contributed by atoms with Crippen LogP contribution in [0.2, 0.25) is 0 Å². The number of aliphatic carboxylic acids is 1. The molecular formula is C21H21N3O5S. The molecule has 0 atom stereocenters. The van der Waals surface area contributed by atoms with Gasteiger partial charge in [-0.05, 0) is 54.1 Å². The SMILES string of the molecule is COc1cc(OC)cc(-c2nc(S/C(=C\c3ccc(C)c(OC)c3)C(=O)O)n[nH]2)c1. The fourth-order valence-electron chi connectivity index (χ4n) is 2.68. The third-order valence-corrected chi connectivity index (χ3v) is 5.11. The van der Waals surface area contributed by atoms with E-state index in [9.17, 15) is 9.90 Å². The largest absolute Gasteiger partial charge is 0.497 e. The van der Waals surface area contributed by atoms with Crippen LogP contribution in [-0.4, -0.2) is 47.6 Å². The van der Waals surface area contributed by atoms with Gasteiger partial charge in [-0.1, -0.05) is 12.1 Å². The highest BCUT2D eigenvalue weighted by molar-refractivity contribution is 8.04. The fourth-order valence-corrected chi connectivity index (χ4v) is 3.38. The lowest BCUT2D eigenvalue weighted by molar-refractivity contribution is -0.131. The van der Waals surface area contributed by atoms with Gasteiger partial charge in [0.2, 0.25) is 5.16 Å². The van der Waals surface area contributed by atoms with E-state index in [0.717, 1.165) is 17.3 Å². The van der Waals surface area contributed by atoms with E-state index in [1.807, 2.05) is 19.1 Å². The second kappa shape index (κ2) is 9.36. The Bertz CT molecular complexity index is 1070. The van der Waals surface area contributed by atoms with E-state index >= 15 is 0 Å². The number of methoxy groups -OCH3 is 3. The molecule has 0 fully saturated rings. The van der Waals surface area contributed by atoms with Gasteiger partial charge in [0.05, 0.1) is 21.3 Å². The summed E-state index contributed by atoms with van der Waals surface area (Å²) in [6, 6.07) is 10.8. The molecule has 0 aliphatic heterocycles. The monoisotopic (exact) mass is 427 g/mol. The Hall–Kier alpha value is -3.46. The van der Waals surface area contributed by atoms with Crippen LogP contribution in [0.15, 0.2) is 46.5 Å². The molecule has 0 aliphatic carbocycles. The quantitative estimate of drug-likeness (QED) is 0.410. The van der Waals surface area contributed by atoms with Crippen molar-refractivity contribution in [1.82, 2.24) is 15.2 Å². The van der Waals surface area contributed by atoms with Crippen molar-refractivity contribution in [1.29, 1.82) is 0 Å². The average molecular weight is 427 g/mol. The fraction of sp³-hybridized carbons (Fsp3) is 0.190. The van der Waals surface area contributed by atoms with Gasteiger partial charge >= 0.3 is 5.97 Å². The third-order valence-electron chi connectivity index (χ3n) is 4.23. The van der Waals surface area contributed by atoms with Crippen molar-refractivity contribution in [3.05, 3.63) is 52.4 Å². The molecule has 156 valence electrons. The van der Waals surface area contributed by atoms with Crippen LogP contribution in [0.25, 0.3) is 17.5 Å². The summed E-state index contributed by atoms with van der Waals surface area (Å²) in [5, 5.41) is 16.9. The smallest absolute Gasteiger partial charge is 0.342 e. The molecule has 0 spiro atoms. The maximum Gasteiger partial charge on any atom is 0.342 e. The van der Waals surface area contributed by atoms with E-state index in [4.69, 9.17) is 14.2 Å². The predicted octanol–water partition coefficient (Wildman–Crippen LogP) is 4.02. The van der Waals surface area contributed by atoms with E-state index in [-0.39, 0.29) is 10.1 Å². The Balaban J connectivity index is 1.88. The number of aromatic amines is 1. The highest BCUT2D eigenvalue weighted by Gasteiger charge is 2.15. The molecule has 1 aromatic heterocycles. The summed E-state index contributed by atoms with van der Waals surface area (Å²) in [6.07, 6.45) is 1.56. The van der Waals surface area contributed by atoms with Crippen LogP contribution < -0.4 is 14.2 Å². The molecule has 3 aromatic rings. The van der Waals surface area contributed by atoms with Crippen molar-refractivity contribution in [2.45, 2.75) is 12.1 Å². The standard InChI is InChI=1S/C21H21N3O5S/c1-12-5-6-13(7-17(12)29-4)8-18(20(25)26)30-21-22-19(23-24-21)14-9-15(27-2)11-16(10-14)28-3/h5-11H,1-4H3,(H,25,26)(H,22,23,24)/b18-8-. The number of nitrogens with zero attached hydrogens (tertiary/aromatic N) is 2. The number of rotatable bonds is 8. The van der Waals surface area contributed by atoms with Gasteiger partial charge in [-0.15, -0.1) is 5.10 Å². The third kappa shape index (κ3) is 4.93. The second-order valence-corrected chi connectivity index (χ2v) is 7.22. The van der Waals surface area contributed by atoms with Crippen molar-refractivity contribution in [3.8, 4) is 28.6 Å². The number of H-pyrrole nitrogens is 1. The van der Waals surface area contributed by atoms with E-state index < -0.39 is 5.97 Å². The number of hydrogen-bond donors (Lipinski definition) is 2. The van der Waals surface area contributed by atoms with Crippen molar-refractivity contribution in [3.63, 3.8) is 0 Å². The van der Waals surface area contributed by atoms with Crippen LogP contribution in [0.5, 0.6) is 17.2 Å². The van der Waals surface area contributed by atoms with Gasteiger partial charge in [0.25, 0.3) is 0 Å². The van der Waals surface area contributed by atoms with Gasteiger partial charge in [0, 0.05) is 11.6 Å². The van der Waals surface area contributed by atoms with Gasteiger partial charge in [0.15, 0.2) is 5.82 Å². The Morgan fingerprint density at radius 1 is 1.07 bits per heavy atom. The molecule has 0 radical (unpaired) electrons. The van der Waals surface area contributed by atoms with E-state index in [1.54, 1.807) is 51.7 Å². The Morgan fingerprint density at radius 2 is 1.77 bits per heavy atom. The Morgan fingerprint density at radius 3 is 2.37 bits per heavy atom. The summed E-state index contributed by atoms with van der Waals surface area (Å²) in [5.41, 5.74) is 2.37. The van der Waals surface area contributed by atoms with Gasteiger partial charge in [0.1, 0.15) is 22.2 Å². The van der Waals surface area contributed by atoms with Gasteiger partial charge < -0.3 is 19.3 Å². The minimum Gasteiger partial charge on any atom is -0.497 e. The molecule has 3 rings (SSSR count). The van der Waals surface area contributed by atoms with Crippen molar-refractivity contribution in [2.75, 3.05) is 21.3 Å². The first-order valence-electron chi connectivity index (χ1n) is 8.86. The van der Waals surface area contributed by atoms with Gasteiger partial charge in [-0.2, -0.15) is 0 Å². The van der Waals surface area contributed by atoms with E-state index in [0.29, 0.717) is 34.2 Å². The number of aromatic nitrogens is 3. The number of carbonyl (C=O) groups is 1. The molecule has 0 aliphatic rings. The molecule has 8 nitrogen and oxygen atoms in total. The molecule has 9 heteroatoms. The molecule has 1 heterocycles. The molecule has 0 unspecified atom stereocenters. The first-order valence-corrected chi connectivity index (χ1v) is 9.68. The number of benzene rings is 2. The second-order valence-electron chi connectivity index (χ2n) is 6.21. The lowest BCUT2D eigenvalue weighted by Gasteiger charge is -2.06. The molecule has 2 aromatic carbocycles. The van der Waals surface area contributed by atoms with Crippen LogP contribution in [-0.2, 0) is 4.79 Å². The minimum absolute atomic E-state index is 0.0784. The van der Waals surface area contributed by atoms with Crippen LogP contribution in [0.1, 0.15) is 11.1 Å². The molecule has 0 bridgehead atoms. The summed E-state index contributed by atoms with van der Waals surface area (Å²) in [5.74, 6) is 1.29. The lowest BCUT2D eigenvalue weighted by Crippen LogP contribution is -1.97. The zero-order chi connectivity index (χ0) is 21.7. The van der Waals surface area contributed by atoms with Crippen LogP contribution in [0.4, 0.5) is 0 Å². The minimum atomic E-state index is -1.08. The number of hydrogen-bond acceptors (Lipinski definition) is 7. The van der Waals surface area contributed by atoms with Gasteiger partial charge in [-0.25, -0.2) is 9.78 Å². The Labute approximate surface area is 177 Å². The summed E-state index contributed by atoms with van der Waals surface area (Å²) in [6.45, 7) is 1.92. The van der Waals surface area contributed by atoms with Crippen LogP contribution in [0.3, 0.4) is 0 Å². The topological polar surface area (TPSA) is 107 Å². The first kappa shape index (κ1) is 21.3. The van der Waals surface area contributed by atoms with Crippen molar-refractivity contribution in [2.24, 2.45) is 0 Å².